The molecule has 0 saturated carbocycles. The van der Waals surface area contributed by atoms with E-state index >= 15 is 0 Å². The summed E-state index contributed by atoms with van der Waals surface area (Å²) in [6.45, 7) is 4.32. The van der Waals surface area contributed by atoms with Crippen LogP contribution >= 0.6 is 0 Å². The molecule has 1 N–H and O–H groups in total. The third-order valence-corrected chi connectivity index (χ3v) is 6.07. The Morgan fingerprint density at radius 2 is 1.64 bits per heavy atom. The highest BCUT2D eigenvalue weighted by atomic mass is 16.5. The lowest BCUT2D eigenvalue weighted by molar-refractivity contribution is -0.117. The Morgan fingerprint density at radius 1 is 1.00 bits per heavy atom. The zero-order chi connectivity index (χ0) is 24.2. The van der Waals surface area contributed by atoms with Crippen molar-refractivity contribution >= 4 is 5.78 Å². The van der Waals surface area contributed by atoms with Crippen LogP contribution in [-0.4, -0.2) is 49.8 Å². The van der Waals surface area contributed by atoms with E-state index < -0.39 is 0 Å². The molecule has 2 aromatic rings. The number of ether oxygens (including phenoxy) is 3. The average Bonchev–Trinajstić information content (AvgIpc) is 2.83. The molecule has 6 heteroatoms. The molecule has 2 atom stereocenters. The molecular weight excluding hydrogens is 418 g/mol. The summed E-state index contributed by atoms with van der Waals surface area (Å²) in [5.41, 5.74) is 1.96. The predicted molar refractivity (Wildman–Crippen MR) is 131 cm³/mol. The third kappa shape index (κ3) is 7.47. The molecule has 2 aromatic carbocycles. The Labute approximate surface area is 198 Å². The second kappa shape index (κ2) is 13.9. The first kappa shape index (κ1) is 26.7. The predicted octanol–water partition coefficient (Wildman–Crippen LogP) is 5.18. The zero-order valence-corrected chi connectivity index (χ0v) is 20.7. The minimum atomic E-state index is -0.198. The number of hydrogen-bond donors (Lipinski definition) is 1. The van der Waals surface area contributed by atoms with Crippen LogP contribution in [0.5, 0.6) is 17.2 Å². The fourth-order valence-corrected chi connectivity index (χ4v) is 4.38. The molecule has 0 saturated heterocycles. The summed E-state index contributed by atoms with van der Waals surface area (Å²) >= 11 is 0. The molecule has 0 fully saturated rings. The zero-order valence-electron chi connectivity index (χ0n) is 20.7. The van der Waals surface area contributed by atoms with Crippen LogP contribution < -0.4 is 14.2 Å². The van der Waals surface area contributed by atoms with Gasteiger partial charge in [-0.15, -0.1) is 0 Å². The average molecular weight is 458 g/mol. The van der Waals surface area contributed by atoms with Gasteiger partial charge in [-0.3, -0.25) is 4.90 Å². The Morgan fingerprint density at radius 3 is 2.12 bits per heavy atom. The minimum Gasteiger partial charge on any atom is -0.496 e. The number of carbonyl (C=O) groups excluding carboxylic acids is 1. The Bertz CT molecular complexity index is 830. The van der Waals surface area contributed by atoms with E-state index in [4.69, 9.17) is 14.2 Å². The number of ketones is 1. The number of Topliss-reactive ketones (excluding diaryl/α,β-unsaturated/α-hetero) is 1. The minimum absolute atomic E-state index is 0.0161. The van der Waals surface area contributed by atoms with E-state index in [0.717, 1.165) is 36.8 Å². The molecule has 0 spiro atoms. The quantitative estimate of drug-likeness (QED) is 0.398. The van der Waals surface area contributed by atoms with Crippen LogP contribution in [0, 0.1) is 0 Å². The first-order valence-electron chi connectivity index (χ1n) is 11.7. The van der Waals surface area contributed by atoms with Crippen molar-refractivity contribution < 1.29 is 24.1 Å². The molecule has 0 aliphatic carbocycles. The maximum atomic E-state index is 11.6. The number of hydrogen-bond acceptors (Lipinski definition) is 6. The van der Waals surface area contributed by atoms with Crippen molar-refractivity contribution in [3.8, 4) is 17.2 Å². The SMILES string of the molecule is CCC[C@H](CCCC(C)=O)N(Cc1c(OC)cc(OC)cc1OC)[C@@H](CO)c1ccccc1. The van der Waals surface area contributed by atoms with Gasteiger partial charge >= 0.3 is 0 Å². The van der Waals surface area contributed by atoms with Crippen LogP contribution in [0.1, 0.15) is 63.1 Å². The number of rotatable bonds is 15. The van der Waals surface area contributed by atoms with Crippen LogP contribution in [0.2, 0.25) is 0 Å². The van der Waals surface area contributed by atoms with Gasteiger partial charge < -0.3 is 24.1 Å². The fourth-order valence-electron chi connectivity index (χ4n) is 4.38. The van der Waals surface area contributed by atoms with Gasteiger partial charge in [-0.1, -0.05) is 43.7 Å². The lowest BCUT2D eigenvalue weighted by Crippen LogP contribution is -2.40. The summed E-state index contributed by atoms with van der Waals surface area (Å²) in [5.74, 6) is 2.23. The van der Waals surface area contributed by atoms with E-state index in [0.29, 0.717) is 30.2 Å². The van der Waals surface area contributed by atoms with Crippen LogP contribution in [0.15, 0.2) is 42.5 Å². The number of nitrogens with zero attached hydrogens (tertiary/aromatic N) is 1. The molecule has 0 heterocycles. The number of aliphatic hydroxyl groups excluding tert-OH is 1. The second-order valence-electron chi connectivity index (χ2n) is 8.33. The van der Waals surface area contributed by atoms with Crippen LogP contribution in [0.25, 0.3) is 0 Å². The maximum Gasteiger partial charge on any atom is 0.130 e. The number of aliphatic hydroxyl groups is 1. The molecule has 0 amide bonds. The highest BCUT2D eigenvalue weighted by Crippen LogP contribution is 2.38. The lowest BCUT2D eigenvalue weighted by atomic mass is 9.96. The van der Waals surface area contributed by atoms with Crippen molar-refractivity contribution in [1.29, 1.82) is 0 Å². The molecule has 0 radical (unpaired) electrons. The molecule has 6 nitrogen and oxygen atoms in total. The van der Waals surface area contributed by atoms with Crippen LogP contribution in [-0.2, 0) is 11.3 Å². The summed E-state index contributed by atoms with van der Waals surface area (Å²) < 4.78 is 16.8. The molecule has 0 unspecified atom stereocenters. The van der Waals surface area contributed by atoms with E-state index in [1.165, 1.54) is 0 Å². The monoisotopic (exact) mass is 457 g/mol. The molecule has 2 rings (SSSR count). The standard InChI is InChI=1S/C27H39NO5/c1-6-11-22(15-10-12-20(2)30)28(25(19-29)21-13-8-7-9-14-21)18-24-26(32-4)16-23(31-3)17-27(24)33-5/h7-9,13-14,16-17,22,25,29H,6,10-12,15,18-19H2,1-5H3/t22-,25+/m1/s1. The van der Waals surface area contributed by atoms with Gasteiger partial charge in [-0.05, 0) is 31.7 Å². The van der Waals surface area contributed by atoms with Crippen LogP contribution in [0.3, 0.4) is 0 Å². The van der Waals surface area contributed by atoms with E-state index in [9.17, 15) is 9.90 Å². The van der Waals surface area contributed by atoms with Gasteiger partial charge in [0.05, 0.1) is 39.5 Å². The maximum absolute atomic E-state index is 11.6. The molecule has 0 bridgehead atoms. The Hall–Kier alpha value is -2.57. The first-order chi connectivity index (χ1) is 16.0. The van der Waals surface area contributed by atoms with Gasteiger partial charge in [0.1, 0.15) is 23.0 Å². The molecule has 0 aromatic heterocycles. The van der Waals surface area contributed by atoms with Gasteiger partial charge in [0.25, 0.3) is 0 Å². The van der Waals surface area contributed by atoms with Crippen molar-refractivity contribution in [3.63, 3.8) is 0 Å². The summed E-state index contributed by atoms with van der Waals surface area (Å²) in [4.78, 5) is 13.9. The van der Waals surface area contributed by atoms with E-state index in [-0.39, 0.29) is 24.5 Å². The Balaban J connectivity index is 2.52. The van der Waals surface area contributed by atoms with Gasteiger partial charge in [-0.25, -0.2) is 0 Å². The van der Waals surface area contributed by atoms with Crippen molar-refractivity contribution in [2.24, 2.45) is 0 Å². The van der Waals surface area contributed by atoms with Gasteiger partial charge in [0.2, 0.25) is 0 Å². The molecule has 0 aliphatic rings. The van der Waals surface area contributed by atoms with Crippen molar-refractivity contribution in [1.82, 2.24) is 4.90 Å². The highest BCUT2D eigenvalue weighted by Gasteiger charge is 2.29. The van der Waals surface area contributed by atoms with E-state index in [2.05, 4.69) is 24.0 Å². The van der Waals surface area contributed by atoms with E-state index in [1.807, 2.05) is 30.3 Å². The topological polar surface area (TPSA) is 68.2 Å². The largest absolute Gasteiger partial charge is 0.496 e. The third-order valence-electron chi connectivity index (χ3n) is 6.07. The van der Waals surface area contributed by atoms with E-state index in [1.54, 1.807) is 28.3 Å². The smallest absolute Gasteiger partial charge is 0.130 e. The molecule has 33 heavy (non-hydrogen) atoms. The second-order valence-corrected chi connectivity index (χ2v) is 8.33. The van der Waals surface area contributed by atoms with Gasteiger partial charge in [-0.2, -0.15) is 0 Å². The highest BCUT2D eigenvalue weighted by molar-refractivity contribution is 5.75. The summed E-state index contributed by atoms with van der Waals surface area (Å²) in [6, 6.07) is 13.8. The molecule has 182 valence electrons. The molecular formula is C27H39NO5. The summed E-state index contributed by atoms with van der Waals surface area (Å²) in [5, 5.41) is 10.5. The first-order valence-corrected chi connectivity index (χ1v) is 11.7. The lowest BCUT2D eigenvalue weighted by Gasteiger charge is -2.38. The van der Waals surface area contributed by atoms with Gasteiger partial charge in [0, 0.05) is 31.1 Å². The summed E-state index contributed by atoms with van der Waals surface area (Å²) in [7, 11) is 4.89. The number of benzene rings is 2. The van der Waals surface area contributed by atoms with Crippen molar-refractivity contribution in [2.75, 3.05) is 27.9 Å². The normalized spacial score (nSPS) is 12.9. The fraction of sp³-hybridized carbons (Fsp3) is 0.519. The van der Waals surface area contributed by atoms with Crippen molar-refractivity contribution in [3.05, 3.63) is 53.6 Å². The Kier molecular flexibility index (Phi) is 11.2. The number of carbonyl (C=O) groups is 1. The van der Waals surface area contributed by atoms with Crippen LogP contribution in [0.4, 0.5) is 0 Å². The summed E-state index contributed by atoms with van der Waals surface area (Å²) in [6.07, 6.45) is 4.23. The molecule has 0 aliphatic heterocycles. The van der Waals surface area contributed by atoms with Gasteiger partial charge in [0.15, 0.2) is 0 Å². The van der Waals surface area contributed by atoms with Crippen molar-refractivity contribution in [2.45, 2.75) is 64.6 Å². The number of methoxy groups -OCH3 is 3.